The molecule has 3 unspecified atom stereocenters. The molecule has 3 aliphatic rings. The second-order valence-corrected chi connectivity index (χ2v) is 15.0. The Morgan fingerprint density at radius 3 is 1.33 bits per heavy atom. The molecule has 3 aromatic rings. The van der Waals surface area contributed by atoms with E-state index in [1.807, 2.05) is 45.0 Å². The number of rotatable bonds is 7. The van der Waals surface area contributed by atoms with Gasteiger partial charge in [-0.15, -0.1) is 0 Å². The first-order chi connectivity index (χ1) is 26.3. The van der Waals surface area contributed by atoms with Gasteiger partial charge in [-0.3, -0.25) is 4.70 Å². The number of hydrogen-bond donors (Lipinski definition) is 1. The molecule has 25 heteroatoms. The maximum absolute atomic E-state index is 11.5. The summed E-state index contributed by atoms with van der Waals surface area (Å²) in [4.78, 5) is 30.6. The van der Waals surface area contributed by atoms with Crippen molar-refractivity contribution in [2.24, 2.45) is 0 Å². The van der Waals surface area contributed by atoms with Gasteiger partial charge >= 0.3 is 81.4 Å². The summed E-state index contributed by atoms with van der Waals surface area (Å²) in [5.74, 6) is 0.767. The van der Waals surface area contributed by atoms with E-state index in [0.717, 1.165) is 16.9 Å². The third-order valence-electron chi connectivity index (χ3n) is 6.39. The van der Waals surface area contributed by atoms with Gasteiger partial charge in [0.05, 0.1) is 16.4 Å². The second kappa shape index (κ2) is 29.8. The number of carbonyl (C=O) groups excluding carboxylic acids is 3. The van der Waals surface area contributed by atoms with Crippen LogP contribution in [0.3, 0.4) is 0 Å². The van der Waals surface area contributed by atoms with Gasteiger partial charge in [0.15, 0.2) is 18.3 Å². The van der Waals surface area contributed by atoms with Crippen molar-refractivity contribution in [2.75, 3.05) is 39.7 Å². The maximum Gasteiger partial charge on any atom is 1.00 e. The fraction of sp³-hybridized carbons (Fsp3) is 0.364. The fourth-order valence-electron chi connectivity index (χ4n) is 3.57. The van der Waals surface area contributed by atoms with E-state index in [9.17, 15) is 40.2 Å². The molecule has 0 saturated carbocycles. The predicted molar refractivity (Wildman–Crippen MR) is 193 cm³/mol. The van der Waals surface area contributed by atoms with Gasteiger partial charge in [0.25, 0.3) is 9.05 Å². The minimum Gasteiger partial charge on any atom is -0.744 e. The summed E-state index contributed by atoms with van der Waals surface area (Å²) in [5, 5.41) is 8.33. The Morgan fingerprint density at radius 1 is 0.707 bits per heavy atom. The molecular weight excluding hydrogens is 893 g/mol. The first kappa shape index (κ1) is 56.8. The number of hydrogen-bond acceptors (Lipinski definition) is 18. The topological polar surface area (TPSA) is 262 Å². The van der Waals surface area contributed by atoms with E-state index in [4.69, 9.17) is 33.7 Å². The van der Waals surface area contributed by atoms with Crippen LogP contribution >= 0.6 is 10.7 Å². The number of halogens is 3. The van der Waals surface area contributed by atoms with Gasteiger partial charge in [0.1, 0.15) is 49.0 Å². The van der Waals surface area contributed by atoms with E-state index in [1.165, 1.54) is 29.8 Å². The molecule has 1 N–H and O–H groups in total. The number of alkyl halides is 1. The molecule has 318 valence electrons. The number of carbonyl (C=O) groups is 3. The first-order valence-corrected chi connectivity index (χ1v) is 20.0. The van der Waals surface area contributed by atoms with Crippen LogP contribution in [0.15, 0.2) is 82.6 Å². The van der Waals surface area contributed by atoms with Crippen molar-refractivity contribution in [2.45, 2.75) is 48.9 Å². The van der Waals surface area contributed by atoms with Crippen LogP contribution in [-0.2, 0) is 59.2 Å². The monoisotopic (exact) mass is 930 g/mol. The summed E-state index contributed by atoms with van der Waals surface area (Å²) in [7, 11) is -2.73. The summed E-state index contributed by atoms with van der Waals surface area (Å²) >= 11 is -0.750. The first-order valence-electron chi connectivity index (χ1n) is 15.6. The van der Waals surface area contributed by atoms with Gasteiger partial charge in [-0.25, -0.2) is 35.6 Å². The molecule has 3 saturated heterocycles. The summed E-state index contributed by atoms with van der Waals surface area (Å²) in [6.45, 7) is 5.71. The summed E-state index contributed by atoms with van der Waals surface area (Å²) < 4.78 is 113. The summed E-state index contributed by atoms with van der Waals surface area (Å²) in [6.07, 6.45) is -3.48. The Kier molecular flexibility index (Phi) is 29.2. The van der Waals surface area contributed by atoms with Crippen LogP contribution in [0.2, 0.25) is 0 Å². The van der Waals surface area contributed by atoms with Gasteiger partial charge in [-0.2, -0.15) is 8.42 Å². The van der Waals surface area contributed by atoms with Gasteiger partial charge < -0.3 is 42.8 Å². The molecule has 0 spiro atoms. The molecule has 0 aromatic heterocycles. The zero-order chi connectivity index (χ0) is 42.3. The largest absolute Gasteiger partial charge is 1.00 e. The number of aliphatic hydroxyl groups excluding tert-OH is 1. The van der Waals surface area contributed by atoms with Crippen molar-refractivity contribution in [3.63, 3.8) is 0 Å². The maximum atomic E-state index is 11.5. The number of benzene rings is 3. The Labute approximate surface area is 383 Å². The second-order valence-electron chi connectivity index (χ2n) is 10.9. The van der Waals surface area contributed by atoms with Crippen molar-refractivity contribution in [3.8, 4) is 5.75 Å². The molecule has 6 rings (SSSR count). The quantitative estimate of drug-likeness (QED) is 0.115. The molecule has 0 bridgehead atoms. The van der Waals surface area contributed by atoms with Crippen LogP contribution < -0.4 is 56.1 Å². The molecule has 0 amide bonds. The molecule has 3 heterocycles. The third kappa shape index (κ3) is 25.2. The van der Waals surface area contributed by atoms with E-state index in [0.29, 0.717) is 6.61 Å². The van der Waals surface area contributed by atoms with E-state index in [2.05, 4.69) is 23.7 Å². The molecule has 0 aliphatic carbocycles. The van der Waals surface area contributed by atoms with Crippen molar-refractivity contribution in [3.05, 3.63) is 89.5 Å². The molecule has 3 fully saturated rings. The molecule has 3 aliphatic heterocycles. The van der Waals surface area contributed by atoms with E-state index in [1.54, 1.807) is 24.3 Å². The van der Waals surface area contributed by atoms with Crippen LogP contribution in [0.5, 0.6) is 5.75 Å². The standard InChI is InChI=1S/C11H12O4.C7H7ClO2S.C7H8O3S.C4H5FO3.C4H6O4.FH.K.O2S/c1-8-2-4-9(5-3-8)13-6-10-7-14-11(12)15-10;2*1-6-2-4-7(5-3-6)11(8,9)10;2*5-1-3-2-7-4(6)8-3;;;1-3-2/h2-5,10H,6-7H2,1H3;2-5H,1H3;2-5H,1H3,(H,8,9,10);3H,1-2H2;3,5H,1-2H2;1H;;/q;;;;;;+1;/p-1. The van der Waals surface area contributed by atoms with Gasteiger partial charge in [-0.05, 0) is 57.2 Å². The minimum atomic E-state index is -4.27. The molecule has 58 heavy (non-hydrogen) atoms. The average molecular weight is 931 g/mol. The van der Waals surface area contributed by atoms with Crippen LogP contribution in [0.1, 0.15) is 16.7 Å². The Hall–Kier alpha value is -3.30. The number of cyclic esters (lactones) is 6. The Balaban J connectivity index is 0. The average Bonchev–Trinajstić information content (AvgIpc) is 3.89. The SMILES string of the molecule is Cc1ccc(OCC2COC(=O)O2)cc1.Cc1ccc(S(=O)(=O)Cl)cc1.Cc1ccc(S(=O)(=O)[O-])cc1.F.O=C1OCC(CF)O1.O=C1OCC(CO)O1.O=S=O.[K+]. The Bertz CT molecular complexity index is 1840. The number of ether oxygens (including phenoxy) is 7. The predicted octanol–water partition coefficient (Wildman–Crippen LogP) is 1.22. The van der Waals surface area contributed by atoms with Crippen LogP contribution in [0, 0.1) is 20.8 Å². The third-order valence-corrected chi connectivity index (χ3v) is 8.61. The van der Waals surface area contributed by atoms with E-state index < -0.39 is 68.1 Å². The molecule has 18 nitrogen and oxygen atoms in total. The summed E-state index contributed by atoms with van der Waals surface area (Å²) in [6, 6.07) is 19.9. The zero-order valence-electron chi connectivity index (χ0n) is 31.2. The van der Waals surface area contributed by atoms with Crippen molar-refractivity contribution < 1.29 is 143 Å². The molecule has 3 atom stereocenters. The Morgan fingerprint density at radius 2 is 1.05 bits per heavy atom. The number of aryl methyl sites for hydroxylation is 3. The zero-order valence-corrected chi connectivity index (χ0v) is 37.5. The van der Waals surface area contributed by atoms with E-state index in [-0.39, 0.29) is 98.4 Å². The van der Waals surface area contributed by atoms with Crippen molar-refractivity contribution >= 4 is 59.9 Å². The van der Waals surface area contributed by atoms with Crippen LogP contribution in [0.25, 0.3) is 0 Å². The van der Waals surface area contributed by atoms with Gasteiger partial charge in [-0.1, -0.05) is 53.1 Å². The normalized spacial score (nSPS) is 17.1. The van der Waals surface area contributed by atoms with Gasteiger partial charge in [0.2, 0.25) is 0 Å². The molecule has 0 radical (unpaired) electrons. The van der Waals surface area contributed by atoms with Crippen LogP contribution in [0.4, 0.5) is 23.5 Å². The van der Waals surface area contributed by atoms with Crippen molar-refractivity contribution in [1.29, 1.82) is 0 Å². The molecular formula is C33H38ClF2KO18S3. The molecule has 3 aromatic carbocycles. The summed E-state index contributed by atoms with van der Waals surface area (Å²) in [5.41, 5.74) is 3.12. The van der Waals surface area contributed by atoms with Crippen LogP contribution in [-0.4, -0.2) is 111 Å². The van der Waals surface area contributed by atoms with Crippen molar-refractivity contribution in [1.82, 2.24) is 0 Å². The van der Waals surface area contributed by atoms with E-state index >= 15 is 0 Å². The number of aliphatic hydroxyl groups is 1. The fourth-order valence-corrected chi connectivity index (χ4v) is 4.81. The van der Waals surface area contributed by atoms with Gasteiger partial charge in [0, 0.05) is 10.7 Å². The minimum absolute atomic E-state index is 0. The smallest absolute Gasteiger partial charge is 0.744 e.